The van der Waals surface area contributed by atoms with Crippen molar-refractivity contribution in [2.75, 3.05) is 20.2 Å². The Hall–Kier alpha value is -3.93. The number of hydrogen-bond acceptors (Lipinski definition) is 7. The van der Waals surface area contributed by atoms with Crippen molar-refractivity contribution in [1.29, 1.82) is 5.26 Å². The van der Waals surface area contributed by atoms with Crippen LogP contribution in [0, 0.1) is 18.3 Å². The second-order valence-electron chi connectivity index (χ2n) is 7.28. The first kappa shape index (κ1) is 20.3. The van der Waals surface area contributed by atoms with Crippen LogP contribution in [0.1, 0.15) is 34.3 Å². The number of likely N-dealkylation sites (tertiary alicyclic amines) is 1. The predicted molar refractivity (Wildman–Crippen MR) is 111 cm³/mol. The molecule has 3 aromatic rings. The van der Waals surface area contributed by atoms with Crippen LogP contribution >= 0.6 is 0 Å². The number of ether oxygens (including phenoxy) is 2. The second kappa shape index (κ2) is 8.83. The Labute approximate surface area is 179 Å². The van der Waals surface area contributed by atoms with Crippen LogP contribution < -0.4 is 9.47 Å². The average Bonchev–Trinajstić information content (AvgIpc) is 3.33. The summed E-state index contributed by atoms with van der Waals surface area (Å²) in [4.78, 5) is 20.8. The van der Waals surface area contributed by atoms with Gasteiger partial charge in [-0.1, -0.05) is 6.07 Å². The molecule has 2 aromatic heterocycles. The Morgan fingerprint density at radius 2 is 2.03 bits per heavy atom. The molecule has 0 aliphatic carbocycles. The van der Waals surface area contributed by atoms with Crippen LogP contribution in [-0.2, 0) is 0 Å². The third-order valence-electron chi connectivity index (χ3n) is 5.16. The van der Waals surface area contributed by atoms with Gasteiger partial charge in [0, 0.05) is 12.7 Å². The van der Waals surface area contributed by atoms with E-state index in [-0.39, 0.29) is 17.9 Å². The minimum absolute atomic E-state index is 0.105. The van der Waals surface area contributed by atoms with Gasteiger partial charge >= 0.3 is 0 Å². The summed E-state index contributed by atoms with van der Waals surface area (Å²) in [5.74, 6) is 0.461. The highest BCUT2D eigenvalue weighted by atomic mass is 16.5. The van der Waals surface area contributed by atoms with Crippen molar-refractivity contribution in [2.24, 2.45) is 0 Å². The van der Waals surface area contributed by atoms with Gasteiger partial charge in [0.05, 0.1) is 37.3 Å². The molecule has 1 aromatic carbocycles. The van der Waals surface area contributed by atoms with E-state index >= 15 is 0 Å². The van der Waals surface area contributed by atoms with Crippen LogP contribution in [0.25, 0.3) is 5.69 Å². The Morgan fingerprint density at radius 1 is 1.23 bits per heavy atom. The maximum absolute atomic E-state index is 13.4. The third-order valence-corrected chi connectivity index (χ3v) is 5.16. The molecule has 1 saturated heterocycles. The maximum atomic E-state index is 13.4. The molecule has 1 fully saturated rings. The molecule has 3 heterocycles. The molecule has 0 N–H and O–H groups in total. The number of nitriles is 1. The number of amides is 1. The van der Waals surface area contributed by atoms with Crippen molar-refractivity contribution in [3.05, 3.63) is 59.5 Å². The first-order valence-corrected chi connectivity index (χ1v) is 9.97. The fourth-order valence-electron chi connectivity index (χ4n) is 3.67. The number of carbonyl (C=O) groups is 1. The van der Waals surface area contributed by atoms with Crippen LogP contribution in [-0.4, -0.2) is 57.1 Å². The van der Waals surface area contributed by atoms with E-state index in [1.165, 1.54) is 18.1 Å². The number of aryl methyl sites for hydroxylation is 1. The molecule has 0 spiro atoms. The van der Waals surface area contributed by atoms with E-state index in [4.69, 9.17) is 9.47 Å². The molecule has 158 valence electrons. The lowest BCUT2D eigenvalue weighted by molar-refractivity contribution is 0.0520. The summed E-state index contributed by atoms with van der Waals surface area (Å²) in [6.45, 7) is 2.99. The number of pyridine rings is 1. The number of methoxy groups -OCH3 is 1. The molecule has 0 saturated carbocycles. The predicted octanol–water partition coefficient (Wildman–Crippen LogP) is 2.53. The van der Waals surface area contributed by atoms with Crippen LogP contribution in [0.15, 0.2) is 42.9 Å². The summed E-state index contributed by atoms with van der Waals surface area (Å²) < 4.78 is 11.4. The topological polar surface area (TPSA) is 106 Å². The lowest BCUT2D eigenvalue weighted by Crippen LogP contribution is -2.44. The fourth-order valence-corrected chi connectivity index (χ4v) is 3.67. The molecule has 1 amide bonds. The molecule has 0 unspecified atom stereocenters. The summed E-state index contributed by atoms with van der Waals surface area (Å²) in [6.07, 6.45) is 5.97. The number of aromatic nitrogens is 4. The highest BCUT2D eigenvalue weighted by Gasteiger charge is 2.29. The van der Waals surface area contributed by atoms with Gasteiger partial charge in [0.2, 0.25) is 0 Å². The number of rotatable bonds is 5. The van der Waals surface area contributed by atoms with E-state index in [2.05, 4.69) is 21.3 Å². The number of piperidine rings is 1. The Kier molecular flexibility index (Phi) is 5.80. The lowest BCUT2D eigenvalue weighted by atomic mass is 10.0. The average molecular weight is 418 g/mol. The second-order valence-corrected chi connectivity index (χ2v) is 7.28. The number of nitrogens with zero attached hydrogens (tertiary/aromatic N) is 6. The fraction of sp³-hybridized carbons (Fsp3) is 0.318. The number of carbonyl (C=O) groups excluding carboxylic acids is 1. The molecule has 31 heavy (non-hydrogen) atoms. The van der Waals surface area contributed by atoms with E-state index in [0.717, 1.165) is 18.4 Å². The van der Waals surface area contributed by atoms with Gasteiger partial charge in [-0.05, 0) is 43.5 Å². The van der Waals surface area contributed by atoms with Crippen molar-refractivity contribution < 1.29 is 14.3 Å². The molecular weight excluding hydrogens is 396 g/mol. The largest absolute Gasteiger partial charge is 0.490 e. The summed E-state index contributed by atoms with van der Waals surface area (Å²) in [5.41, 5.74) is 2.54. The molecule has 1 aliphatic rings. The van der Waals surface area contributed by atoms with Crippen LogP contribution in [0.3, 0.4) is 0 Å². The number of hydrogen-bond donors (Lipinski definition) is 0. The van der Waals surface area contributed by atoms with Crippen molar-refractivity contribution in [2.45, 2.75) is 25.9 Å². The molecule has 9 heteroatoms. The normalized spacial score (nSPS) is 15.9. The highest BCUT2D eigenvalue weighted by molar-refractivity contribution is 5.98. The van der Waals surface area contributed by atoms with Crippen molar-refractivity contribution in [3.63, 3.8) is 0 Å². The standard InChI is InChI=1S/C22H22N6O3/c1-15-5-6-18(19(12-15)28-25-9-10-26-28)22(29)27-11-3-4-17(14-27)31-21-20(30-2)16(13-23)7-8-24-21/h5-10,12,17H,3-4,11,14H2,1-2H3/t17-/m1/s1. The molecule has 4 rings (SSSR count). The van der Waals surface area contributed by atoms with Gasteiger partial charge in [-0.3, -0.25) is 4.79 Å². The van der Waals surface area contributed by atoms with E-state index in [1.807, 2.05) is 25.1 Å². The van der Waals surface area contributed by atoms with Gasteiger partial charge in [0.25, 0.3) is 11.8 Å². The molecular formula is C22H22N6O3. The third kappa shape index (κ3) is 4.19. The van der Waals surface area contributed by atoms with E-state index in [1.54, 1.807) is 23.4 Å². The first-order chi connectivity index (χ1) is 15.1. The van der Waals surface area contributed by atoms with Crippen LogP contribution in [0.2, 0.25) is 0 Å². The van der Waals surface area contributed by atoms with E-state index < -0.39 is 0 Å². The first-order valence-electron chi connectivity index (χ1n) is 9.97. The van der Waals surface area contributed by atoms with E-state index in [0.29, 0.717) is 35.7 Å². The quantitative estimate of drug-likeness (QED) is 0.627. The zero-order valence-electron chi connectivity index (χ0n) is 17.4. The van der Waals surface area contributed by atoms with Crippen molar-refractivity contribution in [1.82, 2.24) is 24.9 Å². The molecule has 0 bridgehead atoms. The van der Waals surface area contributed by atoms with Gasteiger partial charge < -0.3 is 14.4 Å². The molecule has 1 atom stereocenters. The minimum atomic E-state index is -0.259. The summed E-state index contributed by atoms with van der Waals surface area (Å²) >= 11 is 0. The Bertz CT molecular complexity index is 1120. The Morgan fingerprint density at radius 3 is 2.77 bits per heavy atom. The van der Waals surface area contributed by atoms with Crippen molar-refractivity contribution >= 4 is 5.91 Å². The minimum Gasteiger partial charge on any atom is -0.490 e. The smallest absolute Gasteiger partial charge is 0.258 e. The van der Waals surface area contributed by atoms with E-state index in [9.17, 15) is 10.1 Å². The van der Waals surface area contributed by atoms with Crippen LogP contribution in [0.4, 0.5) is 0 Å². The maximum Gasteiger partial charge on any atom is 0.258 e. The van der Waals surface area contributed by atoms with Gasteiger partial charge in [-0.25, -0.2) is 4.98 Å². The molecule has 0 radical (unpaired) electrons. The summed E-state index contributed by atoms with van der Waals surface area (Å²) in [7, 11) is 1.48. The molecule has 9 nitrogen and oxygen atoms in total. The highest BCUT2D eigenvalue weighted by Crippen LogP contribution is 2.30. The Balaban J connectivity index is 1.55. The number of benzene rings is 1. The van der Waals surface area contributed by atoms with Gasteiger partial charge in [0.1, 0.15) is 17.7 Å². The summed E-state index contributed by atoms with van der Waals surface area (Å²) in [6, 6.07) is 9.25. The zero-order chi connectivity index (χ0) is 21.8. The van der Waals surface area contributed by atoms with Gasteiger partial charge in [0.15, 0.2) is 5.75 Å². The van der Waals surface area contributed by atoms with Gasteiger partial charge in [-0.2, -0.15) is 20.3 Å². The zero-order valence-corrected chi connectivity index (χ0v) is 17.4. The molecule has 1 aliphatic heterocycles. The summed E-state index contributed by atoms with van der Waals surface area (Å²) in [5, 5.41) is 17.6. The lowest BCUT2D eigenvalue weighted by Gasteiger charge is -2.33. The van der Waals surface area contributed by atoms with Gasteiger partial charge in [-0.15, -0.1) is 0 Å². The van der Waals surface area contributed by atoms with Crippen LogP contribution in [0.5, 0.6) is 11.6 Å². The SMILES string of the molecule is COc1c(C#N)ccnc1O[C@@H]1CCCN(C(=O)c2ccc(C)cc2-n2nccn2)C1. The monoisotopic (exact) mass is 418 g/mol. The van der Waals surface area contributed by atoms with Crippen molar-refractivity contribution in [3.8, 4) is 23.4 Å².